The van der Waals surface area contributed by atoms with Crippen LogP contribution in [-0.4, -0.2) is 41.0 Å². The Morgan fingerprint density at radius 3 is 2.39 bits per heavy atom. The van der Waals surface area contributed by atoms with Crippen molar-refractivity contribution in [1.29, 1.82) is 0 Å². The van der Waals surface area contributed by atoms with Gasteiger partial charge in [-0.3, -0.25) is 9.59 Å². The summed E-state index contributed by atoms with van der Waals surface area (Å²) >= 11 is 0. The Kier molecular flexibility index (Phi) is 5.82. The van der Waals surface area contributed by atoms with Crippen molar-refractivity contribution in [2.24, 2.45) is 5.10 Å². The van der Waals surface area contributed by atoms with Crippen LogP contribution in [0, 0.1) is 11.6 Å². The van der Waals surface area contributed by atoms with Crippen LogP contribution in [0.1, 0.15) is 36.9 Å². The number of carbonyl (C=O) groups excluding carboxylic acids is 2. The molecule has 2 amide bonds. The van der Waals surface area contributed by atoms with Gasteiger partial charge in [-0.25, -0.2) is 13.8 Å². The minimum atomic E-state index is -0.701. The van der Waals surface area contributed by atoms with Gasteiger partial charge in [0.15, 0.2) is 0 Å². The zero-order valence-corrected chi connectivity index (χ0v) is 15.7. The minimum absolute atomic E-state index is 0.180. The number of hydrogen-bond acceptors (Lipinski definition) is 3. The van der Waals surface area contributed by atoms with Crippen LogP contribution < -0.4 is 0 Å². The van der Waals surface area contributed by atoms with E-state index in [0.717, 1.165) is 0 Å². The normalized spacial score (nSPS) is 16.1. The van der Waals surface area contributed by atoms with Crippen LogP contribution in [0.2, 0.25) is 0 Å². The zero-order chi connectivity index (χ0) is 20.3. The summed E-state index contributed by atoms with van der Waals surface area (Å²) in [6.07, 6.45) is 0.448. The molecule has 2 aromatic rings. The lowest BCUT2D eigenvalue weighted by molar-refractivity contribution is -0.140. The van der Waals surface area contributed by atoms with E-state index in [2.05, 4.69) is 5.10 Å². The maximum atomic E-state index is 14.4. The lowest BCUT2D eigenvalue weighted by Gasteiger charge is -2.25. The molecule has 2 aromatic carbocycles. The Labute approximate surface area is 162 Å². The number of halogens is 2. The topological polar surface area (TPSA) is 53.0 Å². The molecule has 0 radical (unpaired) electrons. The summed E-state index contributed by atoms with van der Waals surface area (Å²) in [5, 5.41) is 5.48. The lowest BCUT2D eigenvalue weighted by Crippen LogP contribution is -2.39. The van der Waals surface area contributed by atoms with E-state index in [1.165, 1.54) is 29.1 Å². The Morgan fingerprint density at radius 2 is 1.75 bits per heavy atom. The second-order valence-corrected chi connectivity index (χ2v) is 6.61. The monoisotopic (exact) mass is 385 g/mol. The molecule has 0 bridgehead atoms. The van der Waals surface area contributed by atoms with Crippen molar-refractivity contribution in [3.63, 3.8) is 0 Å². The first-order valence-corrected chi connectivity index (χ1v) is 9.05. The molecule has 0 saturated carbocycles. The summed E-state index contributed by atoms with van der Waals surface area (Å²) < 4.78 is 28.6. The van der Waals surface area contributed by atoms with Gasteiger partial charge in [0.2, 0.25) is 5.91 Å². The van der Waals surface area contributed by atoms with Crippen molar-refractivity contribution in [1.82, 2.24) is 9.91 Å². The molecule has 0 unspecified atom stereocenters. The highest BCUT2D eigenvalue weighted by molar-refractivity contribution is 6.03. The largest absolute Gasteiger partial charge is 0.336 e. The van der Waals surface area contributed by atoms with Crippen molar-refractivity contribution in [2.75, 3.05) is 13.6 Å². The second kappa shape index (κ2) is 8.29. The van der Waals surface area contributed by atoms with Gasteiger partial charge in [-0.15, -0.1) is 0 Å². The summed E-state index contributed by atoms with van der Waals surface area (Å²) in [5.41, 5.74) is 0.941. The molecule has 28 heavy (non-hydrogen) atoms. The maximum absolute atomic E-state index is 14.4. The van der Waals surface area contributed by atoms with Crippen LogP contribution in [0.25, 0.3) is 0 Å². The van der Waals surface area contributed by atoms with E-state index < -0.39 is 23.6 Å². The Hall–Kier alpha value is -3.09. The molecule has 0 N–H and O–H groups in total. The lowest BCUT2D eigenvalue weighted by atomic mass is 9.97. The fraction of sp³-hybridized carbons (Fsp3) is 0.286. The predicted octanol–water partition coefficient (Wildman–Crippen LogP) is 3.51. The fourth-order valence-corrected chi connectivity index (χ4v) is 3.22. The summed E-state index contributed by atoms with van der Waals surface area (Å²) in [5.74, 6) is -1.56. The van der Waals surface area contributed by atoms with Crippen LogP contribution >= 0.6 is 0 Å². The second-order valence-electron chi connectivity index (χ2n) is 6.61. The van der Waals surface area contributed by atoms with Crippen molar-refractivity contribution < 1.29 is 18.4 Å². The highest BCUT2D eigenvalue weighted by Gasteiger charge is 2.35. The van der Waals surface area contributed by atoms with E-state index in [-0.39, 0.29) is 30.9 Å². The number of benzene rings is 2. The van der Waals surface area contributed by atoms with E-state index in [0.29, 0.717) is 11.3 Å². The first-order valence-electron chi connectivity index (χ1n) is 9.05. The highest BCUT2D eigenvalue weighted by Crippen LogP contribution is 2.34. The van der Waals surface area contributed by atoms with Crippen LogP contribution in [0.5, 0.6) is 0 Å². The molecular formula is C21H21F2N3O2. The molecule has 1 aliphatic heterocycles. The fourth-order valence-electron chi connectivity index (χ4n) is 3.22. The number of rotatable bonds is 5. The van der Waals surface area contributed by atoms with Crippen molar-refractivity contribution in [2.45, 2.75) is 25.8 Å². The molecule has 0 aromatic heterocycles. The molecule has 146 valence electrons. The summed E-state index contributed by atoms with van der Waals surface area (Å²) in [6, 6.07) is 11.6. The van der Waals surface area contributed by atoms with Crippen LogP contribution in [-0.2, 0) is 9.59 Å². The smallest absolute Gasteiger partial charge is 0.262 e. The quantitative estimate of drug-likeness (QED) is 0.791. The average molecular weight is 385 g/mol. The number of amides is 2. The Bertz CT molecular complexity index is 929. The molecule has 1 heterocycles. The van der Waals surface area contributed by atoms with E-state index >= 15 is 0 Å². The summed E-state index contributed by atoms with van der Waals surface area (Å²) in [6.45, 7) is 1.52. The average Bonchev–Trinajstić information content (AvgIpc) is 3.13. The zero-order valence-electron chi connectivity index (χ0n) is 15.7. The van der Waals surface area contributed by atoms with Crippen molar-refractivity contribution >= 4 is 17.5 Å². The molecule has 0 saturated heterocycles. The Balaban J connectivity index is 1.95. The van der Waals surface area contributed by atoms with Gasteiger partial charge < -0.3 is 4.90 Å². The summed E-state index contributed by atoms with van der Waals surface area (Å²) in [7, 11) is 1.53. The third kappa shape index (κ3) is 3.93. The highest BCUT2D eigenvalue weighted by atomic mass is 19.1. The molecule has 3 rings (SSSR count). The van der Waals surface area contributed by atoms with E-state index in [4.69, 9.17) is 0 Å². The number of hydrazone groups is 1. The van der Waals surface area contributed by atoms with Crippen LogP contribution in [0.4, 0.5) is 8.78 Å². The van der Waals surface area contributed by atoms with Gasteiger partial charge in [0.25, 0.3) is 5.91 Å². The molecule has 0 fully saturated rings. The van der Waals surface area contributed by atoms with Gasteiger partial charge in [0.05, 0.1) is 11.8 Å². The molecule has 0 aliphatic carbocycles. The van der Waals surface area contributed by atoms with E-state index in [9.17, 15) is 18.4 Å². The molecule has 7 heteroatoms. The molecule has 0 spiro atoms. The first kappa shape index (κ1) is 19.7. The van der Waals surface area contributed by atoms with E-state index in [1.54, 1.807) is 43.3 Å². The van der Waals surface area contributed by atoms with Gasteiger partial charge in [0.1, 0.15) is 18.2 Å². The number of nitrogens with zero attached hydrogens (tertiary/aromatic N) is 3. The molecule has 1 aliphatic rings. The number of carbonyl (C=O) groups is 2. The third-order valence-electron chi connectivity index (χ3n) is 4.72. The van der Waals surface area contributed by atoms with Gasteiger partial charge in [0, 0.05) is 31.0 Å². The number of likely N-dealkylation sites (N-methyl/N-ethyl adjacent to an activating group) is 1. The van der Waals surface area contributed by atoms with E-state index in [1.807, 2.05) is 0 Å². The van der Waals surface area contributed by atoms with Gasteiger partial charge in [-0.1, -0.05) is 43.3 Å². The summed E-state index contributed by atoms with van der Waals surface area (Å²) in [4.78, 5) is 26.0. The standard InChI is InChI=1S/C21H21F2N3O2/c1-3-20(27)25(2)13-21(28)26-19(15-9-5-7-11-17(15)23)12-18(24-26)14-8-4-6-10-16(14)22/h4-11,19H,3,12-13H2,1-2H3/t19-/m0/s1. The van der Waals surface area contributed by atoms with Crippen LogP contribution in [0.3, 0.4) is 0 Å². The van der Waals surface area contributed by atoms with Gasteiger partial charge in [-0.2, -0.15) is 5.10 Å². The minimum Gasteiger partial charge on any atom is -0.336 e. The molecular weight excluding hydrogens is 364 g/mol. The molecule has 1 atom stereocenters. The van der Waals surface area contributed by atoms with Crippen molar-refractivity contribution in [3.05, 3.63) is 71.3 Å². The van der Waals surface area contributed by atoms with Crippen molar-refractivity contribution in [3.8, 4) is 0 Å². The maximum Gasteiger partial charge on any atom is 0.262 e. The predicted molar refractivity (Wildman–Crippen MR) is 101 cm³/mol. The third-order valence-corrected chi connectivity index (χ3v) is 4.72. The first-order chi connectivity index (χ1) is 13.4. The Morgan fingerprint density at radius 1 is 1.11 bits per heavy atom. The van der Waals surface area contributed by atoms with Crippen LogP contribution in [0.15, 0.2) is 53.6 Å². The van der Waals surface area contributed by atoms with Gasteiger partial charge in [-0.05, 0) is 12.1 Å². The van der Waals surface area contributed by atoms with Gasteiger partial charge >= 0.3 is 0 Å². The SMILES string of the molecule is CCC(=O)N(C)CC(=O)N1N=C(c2ccccc2F)C[C@H]1c1ccccc1F. The number of hydrogen-bond donors (Lipinski definition) is 0. The molecule has 5 nitrogen and oxygen atoms in total.